The minimum absolute atomic E-state index is 0.0589. The summed E-state index contributed by atoms with van der Waals surface area (Å²) in [6.07, 6.45) is 7.83. The van der Waals surface area contributed by atoms with Crippen LogP contribution in [0.2, 0.25) is 0 Å². The maximum Gasteiger partial charge on any atom is 0.0707 e. The maximum atomic E-state index is 9.67. The second-order valence-electron chi connectivity index (χ2n) is 5.03. The number of hydrogen-bond acceptors (Lipinski definition) is 2. The number of hydrogen-bond donors (Lipinski definition) is 1. The van der Waals surface area contributed by atoms with Crippen LogP contribution in [-0.4, -0.2) is 23.4 Å². The molecule has 1 spiro atoms. The highest BCUT2D eigenvalue weighted by Gasteiger charge is 2.39. The van der Waals surface area contributed by atoms with E-state index in [4.69, 9.17) is 4.74 Å². The van der Waals surface area contributed by atoms with E-state index in [0.29, 0.717) is 0 Å². The van der Waals surface area contributed by atoms with Crippen molar-refractivity contribution in [1.82, 2.24) is 0 Å². The summed E-state index contributed by atoms with van der Waals surface area (Å²) in [7, 11) is 0. The Balaban J connectivity index is 1.91. The highest BCUT2D eigenvalue weighted by molar-refractivity contribution is 4.91. The zero-order valence-corrected chi connectivity index (χ0v) is 9.17. The monoisotopic (exact) mass is 198 g/mol. The molecule has 1 atom stereocenters. The normalized spacial score (nSPS) is 44.1. The van der Waals surface area contributed by atoms with Gasteiger partial charge in [0, 0.05) is 13.0 Å². The largest absolute Gasteiger partial charge is 0.393 e. The Morgan fingerprint density at radius 2 is 2.00 bits per heavy atom. The molecular formula is C12H22O2. The molecule has 82 valence electrons. The maximum absolute atomic E-state index is 9.67. The molecule has 1 aliphatic heterocycles. The predicted molar refractivity (Wildman–Crippen MR) is 56.2 cm³/mol. The summed E-state index contributed by atoms with van der Waals surface area (Å²) in [6, 6.07) is 0. The SMILES string of the molecule is CCC1CCC2(CC1)CC(O)CCO2. The topological polar surface area (TPSA) is 29.5 Å². The average Bonchev–Trinajstić information content (AvgIpc) is 2.19. The van der Waals surface area contributed by atoms with Crippen LogP contribution in [0.15, 0.2) is 0 Å². The Kier molecular flexibility index (Phi) is 3.13. The Morgan fingerprint density at radius 3 is 2.57 bits per heavy atom. The first-order valence-electron chi connectivity index (χ1n) is 6.06. The molecule has 1 unspecified atom stereocenters. The molecule has 2 heteroatoms. The van der Waals surface area contributed by atoms with Gasteiger partial charge in [-0.15, -0.1) is 0 Å². The number of aliphatic hydroxyl groups excluding tert-OH is 1. The summed E-state index contributed by atoms with van der Waals surface area (Å²) in [5.41, 5.74) is 0.0589. The van der Waals surface area contributed by atoms with Crippen molar-refractivity contribution in [2.45, 2.75) is 63.6 Å². The first-order chi connectivity index (χ1) is 6.74. The van der Waals surface area contributed by atoms with Gasteiger partial charge in [-0.1, -0.05) is 13.3 Å². The van der Waals surface area contributed by atoms with Crippen molar-refractivity contribution in [2.24, 2.45) is 5.92 Å². The van der Waals surface area contributed by atoms with Gasteiger partial charge < -0.3 is 9.84 Å². The molecule has 0 radical (unpaired) electrons. The minimum atomic E-state index is -0.109. The van der Waals surface area contributed by atoms with E-state index in [1.54, 1.807) is 0 Å². The Hall–Kier alpha value is -0.0800. The molecule has 1 aliphatic carbocycles. The van der Waals surface area contributed by atoms with E-state index >= 15 is 0 Å². The highest BCUT2D eigenvalue weighted by Crippen LogP contribution is 2.41. The second-order valence-corrected chi connectivity index (χ2v) is 5.03. The lowest BCUT2D eigenvalue weighted by atomic mass is 9.74. The van der Waals surface area contributed by atoms with E-state index in [9.17, 15) is 5.11 Å². The summed E-state index contributed by atoms with van der Waals surface area (Å²) in [5, 5.41) is 9.67. The van der Waals surface area contributed by atoms with Crippen LogP contribution in [0.5, 0.6) is 0 Å². The van der Waals surface area contributed by atoms with Crippen molar-refractivity contribution in [3.8, 4) is 0 Å². The molecular weight excluding hydrogens is 176 g/mol. The van der Waals surface area contributed by atoms with Crippen LogP contribution in [0.1, 0.15) is 51.9 Å². The van der Waals surface area contributed by atoms with Crippen molar-refractivity contribution in [1.29, 1.82) is 0 Å². The summed E-state index contributed by atoms with van der Waals surface area (Å²) in [5.74, 6) is 0.906. The Bertz CT molecular complexity index is 183. The van der Waals surface area contributed by atoms with Gasteiger partial charge in [-0.25, -0.2) is 0 Å². The van der Waals surface area contributed by atoms with Gasteiger partial charge in [-0.05, 0) is 38.0 Å². The quantitative estimate of drug-likeness (QED) is 0.701. The second kappa shape index (κ2) is 4.19. The zero-order chi connectivity index (χ0) is 10.0. The van der Waals surface area contributed by atoms with Crippen molar-refractivity contribution >= 4 is 0 Å². The fraction of sp³-hybridized carbons (Fsp3) is 1.00. The molecule has 1 heterocycles. The summed E-state index contributed by atoms with van der Waals surface area (Å²) in [6.45, 7) is 3.04. The van der Waals surface area contributed by atoms with E-state index in [1.165, 1.54) is 32.1 Å². The van der Waals surface area contributed by atoms with Gasteiger partial charge in [-0.2, -0.15) is 0 Å². The number of ether oxygens (including phenoxy) is 1. The third kappa shape index (κ3) is 2.12. The first kappa shape index (κ1) is 10.4. The van der Waals surface area contributed by atoms with E-state index in [-0.39, 0.29) is 11.7 Å². The number of aliphatic hydroxyl groups is 1. The van der Waals surface area contributed by atoms with E-state index < -0.39 is 0 Å². The van der Waals surface area contributed by atoms with Crippen LogP contribution in [0.4, 0.5) is 0 Å². The third-order valence-electron chi connectivity index (χ3n) is 4.06. The smallest absolute Gasteiger partial charge is 0.0707 e. The van der Waals surface area contributed by atoms with Gasteiger partial charge in [0.25, 0.3) is 0 Å². The van der Waals surface area contributed by atoms with Crippen molar-refractivity contribution in [2.75, 3.05) is 6.61 Å². The predicted octanol–water partition coefficient (Wildman–Crippen LogP) is 2.50. The molecule has 1 saturated heterocycles. The first-order valence-corrected chi connectivity index (χ1v) is 6.06. The molecule has 14 heavy (non-hydrogen) atoms. The van der Waals surface area contributed by atoms with Crippen molar-refractivity contribution in [3.63, 3.8) is 0 Å². The number of rotatable bonds is 1. The highest BCUT2D eigenvalue weighted by atomic mass is 16.5. The molecule has 0 aromatic rings. The molecule has 0 aromatic carbocycles. The Morgan fingerprint density at radius 1 is 1.29 bits per heavy atom. The van der Waals surface area contributed by atoms with Crippen molar-refractivity contribution < 1.29 is 9.84 Å². The average molecular weight is 198 g/mol. The summed E-state index contributed by atoms with van der Waals surface area (Å²) < 4.78 is 5.91. The van der Waals surface area contributed by atoms with E-state index in [2.05, 4.69) is 6.92 Å². The van der Waals surface area contributed by atoms with Crippen LogP contribution in [0.3, 0.4) is 0 Å². The van der Waals surface area contributed by atoms with Gasteiger partial charge in [0.1, 0.15) is 0 Å². The molecule has 1 saturated carbocycles. The molecule has 1 N–H and O–H groups in total. The van der Waals surface area contributed by atoms with Crippen molar-refractivity contribution in [3.05, 3.63) is 0 Å². The lowest BCUT2D eigenvalue weighted by Gasteiger charge is -2.44. The van der Waals surface area contributed by atoms with Crippen LogP contribution >= 0.6 is 0 Å². The fourth-order valence-electron chi connectivity index (χ4n) is 2.96. The molecule has 0 amide bonds. The minimum Gasteiger partial charge on any atom is -0.393 e. The van der Waals surface area contributed by atoms with Gasteiger partial charge in [0.2, 0.25) is 0 Å². The summed E-state index contributed by atoms with van der Waals surface area (Å²) >= 11 is 0. The molecule has 0 aromatic heterocycles. The molecule has 0 bridgehead atoms. The lowest BCUT2D eigenvalue weighted by Crippen LogP contribution is -2.44. The molecule has 2 rings (SSSR count). The summed E-state index contributed by atoms with van der Waals surface area (Å²) in [4.78, 5) is 0. The van der Waals surface area contributed by atoms with Crippen LogP contribution in [-0.2, 0) is 4.74 Å². The van der Waals surface area contributed by atoms with Gasteiger partial charge >= 0.3 is 0 Å². The Labute approximate surface area is 86.6 Å². The van der Waals surface area contributed by atoms with Gasteiger partial charge in [0.05, 0.1) is 11.7 Å². The molecule has 2 aliphatic rings. The molecule has 2 fully saturated rings. The van der Waals surface area contributed by atoms with Crippen LogP contribution < -0.4 is 0 Å². The van der Waals surface area contributed by atoms with E-state index in [1.807, 2.05) is 0 Å². The lowest BCUT2D eigenvalue weighted by molar-refractivity contribution is -0.139. The van der Waals surface area contributed by atoms with Gasteiger partial charge in [0.15, 0.2) is 0 Å². The van der Waals surface area contributed by atoms with Gasteiger partial charge in [-0.3, -0.25) is 0 Å². The fourth-order valence-corrected chi connectivity index (χ4v) is 2.96. The van der Waals surface area contributed by atoms with E-state index in [0.717, 1.165) is 25.4 Å². The van der Waals surface area contributed by atoms with Crippen LogP contribution in [0, 0.1) is 5.92 Å². The molecule has 2 nitrogen and oxygen atoms in total. The zero-order valence-electron chi connectivity index (χ0n) is 9.17. The van der Waals surface area contributed by atoms with Crippen LogP contribution in [0.25, 0.3) is 0 Å². The standard InChI is InChI=1S/C12H22O2/c1-2-10-3-6-12(7-4-10)9-11(13)5-8-14-12/h10-11,13H,2-9H2,1H3. The third-order valence-corrected chi connectivity index (χ3v) is 4.06.